The van der Waals surface area contributed by atoms with Crippen LogP contribution in [0.5, 0.6) is 17.2 Å². The molecule has 32 heavy (non-hydrogen) atoms. The van der Waals surface area contributed by atoms with Gasteiger partial charge >= 0.3 is 5.97 Å². The molecule has 1 fully saturated rings. The molecule has 2 aliphatic rings. The van der Waals surface area contributed by atoms with Gasteiger partial charge in [0.15, 0.2) is 17.3 Å². The van der Waals surface area contributed by atoms with E-state index in [0.717, 1.165) is 5.56 Å². The van der Waals surface area contributed by atoms with Crippen LogP contribution in [0.4, 0.5) is 0 Å². The molecule has 4 rings (SSSR count). The molecule has 7 heteroatoms. The maximum Gasteiger partial charge on any atom is 0.338 e. The fourth-order valence-corrected chi connectivity index (χ4v) is 4.31. The third-order valence-electron chi connectivity index (χ3n) is 5.97. The van der Waals surface area contributed by atoms with Crippen molar-refractivity contribution in [2.45, 2.75) is 31.5 Å². The smallest absolute Gasteiger partial charge is 0.338 e. The summed E-state index contributed by atoms with van der Waals surface area (Å²) in [6.45, 7) is 0. The van der Waals surface area contributed by atoms with Crippen molar-refractivity contribution in [1.29, 1.82) is 0 Å². The number of ketones is 1. The van der Waals surface area contributed by atoms with Gasteiger partial charge in [-0.15, -0.1) is 0 Å². The Kier molecular flexibility index (Phi) is 6.35. The SMILES string of the molecule is COc1cc(C(=O)OC2CCC3C(=O)C(c4ccccc4)=COC3C2)cc(OC)c1OC. The molecule has 0 radical (unpaired) electrons. The monoisotopic (exact) mass is 438 g/mol. The molecule has 0 saturated heterocycles. The van der Waals surface area contributed by atoms with Gasteiger partial charge in [0, 0.05) is 6.42 Å². The summed E-state index contributed by atoms with van der Waals surface area (Å²) in [7, 11) is 4.48. The van der Waals surface area contributed by atoms with E-state index in [0.29, 0.717) is 47.6 Å². The molecule has 7 nitrogen and oxygen atoms in total. The normalized spacial score (nSPS) is 22.2. The van der Waals surface area contributed by atoms with Crippen LogP contribution in [0.15, 0.2) is 48.7 Å². The van der Waals surface area contributed by atoms with Gasteiger partial charge in [0.25, 0.3) is 0 Å². The third kappa shape index (κ3) is 4.15. The Hall–Kier alpha value is -3.48. The van der Waals surface area contributed by atoms with E-state index in [-0.39, 0.29) is 23.9 Å². The standard InChI is InChI=1S/C25H26O7/c1-28-21-11-16(12-22(29-2)24(21)30-3)25(27)32-17-9-10-18-20(13-17)31-14-19(23(18)26)15-7-5-4-6-8-15/h4-8,11-12,14,17-18,20H,9-10,13H2,1-3H3. The van der Waals surface area contributed by atoms with Gasteiger partial charge in [-0.1, -0.05) is 30.3 Å². The van der Waals surface area contributed by atoms with E-state index in [9.17, 15) is 9.59 Å². The van der Waals surface area contributed by atoms with Crippen LogP contribution in [-0.2, 0) is 14.3 Å². The van der Waals surface area contributed by atoms with E-state index < -0.39 is 5.97 Å². The van der Waals surface area contributed by atoms with Gasteiger partial charge in [0.2, 0.25) is 5.75 Å². The Labute approximate surface area is 186 Å². The lowest BCUT2D eigenvalue weighted by Gasteiger charge is -2.37. The third-order valence-corrected chi connectivity index (χ3v) is 5.97. The first-order valence-corrected chi connectivity index (χ1v) is 10.5. The summed E-state index contributed by atoms with van der Waals surface area (Å²) in [5.41, 5.74) is 1.75. The van der Waals surface area contributed by atoms with Crippen molar-refractivity contribution in [2.75, 3.05) is 21.3 Å². The first kappa shape index (κ1) is 21.7. The number of benzene rings is 2. The molecule has 1 heterocycles. The molecule has 1 saturated carbocycles. The average molecular weight is 438 g/mol. The number of methoxy groups -OCH3 is 3. The van der Waals surface area contributed by atoms with Crippen LogP contribution in [0, 0.1) is 5.92 Å². The van der Waals surface area contributed by atoms with Gasteiger partial charge in [-0.05, 0) is 30.5 Å². The number of carbonyl (C=O) groups excluding carboxylic acids is 2. The van der Waals surface area contributed by atoms with E-state index in [1.165, 1.54) is 21.3 Å². The molecular weight excluding hydrogens is 412 g/mol. The fourth-order valence-electron chi connectivity index (χ4n) is 4.31. The predicted molar refractivity (Wildman–Crippen MR) is 117 cm³/mol. The quantitative estimate of drug-likeness (QED) is 0.630. The second kappa shape index (κ2) is 9.34. The number of allylic oxidation sites excluding steroid dienone is 1. The van der Waals surface area contributed by atoms with E-state index in [1.54, 1.807) is 18.4 Å². The number of Topliss-reactive ketones (excluding diaryl/α,β-unsaturated/α-hetero) is 1. The molecule has 0 aromatic heterocycles. The Bertz CT molecular complexity index is 1000. The molecular formula is C25H26O7. The maximum atomic E-state index is 13.0. The lowest BCUT2D eigenvalue weighted by molar-refractivity contribution is -0.126. The van der Waals surface area contributed by atoms with Crippen LogP contribution in [0.2, 0.25) is 0 Å². The highest BCUT2D eigenvalue weighted by atomic mass is 16.6. The largest absolute Gasteiger partial charge is 0.496 e. The molecule has 1 aliphatic carbocycles. The minimum absolute atomic E-state index is 0.0850. The van der Waals surface area contributed by atoms with Crippen LogP contribution in [0.25, 0.3) is 5.57 Å². The number of ether oxygens (including phenoxy) is 5. The van der Waals surface area contributed by atoms with Gasteiger partial charge < -0.3 is 23.7 Å². The number of carbonyl (C=O) groups is 2. The van der Waals surface area contributed by atoms with Crippen LogP contribution in [-0.4, -0.2) is 45.3 Å². The molecule has 168 valence electrons. The zero-order chi connectivity index (χ0) is 22.7. The minimum Gasteiger partial charge on any atom is -0.496 e. The van der Waals surface area contributed by atoms with Crippen LogP contribution in [0.3, 0.4) is 0 Å². The Balaban J connectivity index is 1.45. The van der Waals surface area contributed by atoms with E-state index in [2.05, 4.69) is 0 Å². The maximum absolute atomic E-state index is 13.0. The van der Waals surface area contributed by atoms with Crippen molar-refractivity contribution in [3.63, 3.8) is 0 Å². The van der Waals surface area contributed by atoms with Gasteiger partial charge in [-0.3, -0.25) is 4.79 Å². The summed E-state index contributed by atoms with van der Waals surface area (Å²) in [6, 6.07) is 12.6. The van der Waals surface area contributed by atoms with E-state index in [1.807, 2.05) is 30.3 Å². The molecule has 0 N–H and O–H groups in total. The Morgan fingerprint density at radius 2 is 1.66 bits per heavy atom. The van der Waals surface area contributed by atoms with Gasteiger partial charge in [0.05, 0.1) is 44.6 Å². The number of hydrogen-bond acceptors (Lipinski definition) is 7. The Morgan fingerprint density at radius 3 is 2.28 bits per heavy atom. The van der Waals surface area contributed by atoms with Crippen molar-refractivity contribution < 1.29 is 33.3 Å². The number of esters is 1. The van der Waals surface area contributed by atoms with Crippen molar-refractivity contribution in [3.05, 3.63) is 59.9 Å². The lowest BCUT2D eigenvalue weighted by atomic mass is 9.78. The molecule has 2 aromatic rings. The Morgan fingerprint density at radius 1 is 0.969 bits per heavy atom. The first-order chi connectivity index (χ1) is 15.5. The predicted octanol–water partition coefficient (Wildman–Crippen LogP) is 4.05. The topological polar surface area (TPSA) is 80.3 Å². The van der Waals surface area contributed by atoms with Crippen molar-refractivity contribution in [3.8, 4) is 17.2 Å². The number of rotatable bonds is 6. The van der Waals surface area contributed by atoms with Crippen molar-refractivity contribution in [1.82, 2.24) is 0 Å². The highest BCUT2D eigenvalue weighted by Crippen LogP contribution is 2.40. The van der Waals surface area contributed by atoms with Crippen molar-refractivity contribution in [2.24, 2.45) is 5.92 Å². The van der Waals surface area contributed by atoms with Crippen LogP contribution < -0.4 is 14.2 Å². The summed E-state index contributed by atoms with van der Waals surface area (Å²) >= 11 is 0. The number of fused-ring (bicyclic) bond motifs is 1. The zero-order valence-corrected chi connectivity index (χ0v) is 18.3. The highest BCUT2D eigenvalue weighted by molar-refractivity contribution is 6.22. The molecule has 1 aliphatic heterocycles. The van der Waals surface area contributed by atoms with Gasteiger partial charge in [-0.2, -0.15) is 0 Å². The van der Waals surface area contributed by atoms with Crippen LogP contribution >= 0.6 is 0 Å². The highest BCUT2D eigenvalue weighted by Gasteiger charge is 2.41. The summed E-state index contributed by atoms with van der Waals surface area (Å²) in [5, 5.41) is 0. The van der Waals surface area contributed by atoms with E-state index in [4.69, 9.17) is 23.7 Å². The summed E-state index contributed by atoms with van der Waals surface area (Å²) in [6.07, 6.45) is 2.55. The van der Waals surface area contributed by atoms with E-state index >= 15 is 0 Å². The molecule has 3 unspecified atom stereocenters. The molecule has 3 atom stereocenters. The second-order valence-electron chi connectivity index (χ2n) is 7.80. The average Bonchev–Trinajstić information content (AvgIpc) is 2.83. The molecule has 2 aromatic carbocycles. The lowest BCUT2D eigenvalue weighted by Crippen LogP contribution is -2.42. The van der Waals surface area contributed by atoms with Crippen molar-refractivity contribution >= 4 is 17.3 Å². The molecule has 0 amide bonds. The van der Waals surface area contributed by atoms with Crippen LogP contribution in [0.1, 0.15) is 35.2 Å². The fraction of sp³-hybridized carbons (Fsp3) is 0.360. The second-order valence-corrected chi connectivity index (χ2v) is 7.80. The molecule has 0 bridgehead atoms. The summed E-state index contributed by atoms with van der Waals surface area (Å²) < 4.78 is 27.6. The summed E-state index contributed by atoms with van der Waals surface area (Å²) in [4.78, 5) is 25.8. The zero-order valence-electron chi connectivity index (χ0n) is 18.3. The summed E-state index contributed by atoms with van der Waals surface area (Å²) in [5.74, 6) is 0.523. The first-order valence-electron chi connectivity index (χ1n) is 10.5. The van der Waals surface area contributed by atoms with Gasteiger partial charge in [0.1, 0.15) is 12.2 Å². The minimum atomic E-state index is -0.490. The number of hydrogen-bond donors (Lipinski definition) is 0. The molecule has 0 spiro atoms. The van der Waals surface area contributed by atoms with Gasteiger partial charge in [-0.25, -0.2) is 4.79 Å².